The summed E-state index contributed by atoms with van der Waals surface area (Å²) in [4.78, 5) is 11.8. The van der Waals surface area contributed by atoms with Gasteiger partial charge in [0.1, 0.15) is 11.5 Å². The van der Waals surface area contributed by atoms with Crippen molar-refractivity contribution in [2.24, 2.45) is 5.10 Å². The Morgan fingerprint density at radius 1 is 1.20 bits per heavy atom. The summed E-state index contributed by atoms with van der Waals surface area (Å²) in [5.41, 5.74) is 4.11. The molecule has 0 aliphatic heterocycles. The smallest absolute Gasteiger partial charge is 0.275 e. The lowest BCUT2D eigenvalue weighted by molar-refractivity contribution is 0.0952. The Labute approximate surface area is 116 Å². The van der Waals surface area contributed by atoms with Gasteiger partial charge in [-0.1, -0.05) is 12.1 Å². The molecule has 0 atom stereocenters. The van der Waals surface area contributed by atoms with Crippen LogP contribution in [0.15, 0.2) is 47.6 Å². The first-order valence-electron chi connectivity index (χ1n) is 5.99. The van der Waals surface area contributed by atoms with E-state index in [-0.39, 0.29) is 17.1 Å². The first-order chi connectivity index (χ1) is 9.58. The number of nitrogens with one attached hydrogen (secondary N) is 1. The molecule has 3 N–H and O–H groups in total. The largest absolute Gasteiger partial charge is 0.508 e. The predicted molar refractivity (Wildman–Crippen MR) is 76.0 cm³/mol. The van der Waals surface area contributed by atoms with Gasteiger partial charge in [-0.3, -0.25) is 4.79 Å². The molecule has 5 heteroatoms. The van der Waals surface area contributed by atoms with Crippen molar-refractivity contribution in [2.75, 3.05) is 0 Å². The Bertz CT molecular complexity index is 666. The molecule has 0 spiro atoms. The third-order valence-corrected chi connectivity index (χ3v) is 2.77. The average molecular weight is 270 g/mol. The topological polar surface area (TPSA) is 81.9 Å². The Morgan fingerprint density at radius 3 is 2.65 bits per heavy atom. The van der Waals surface area contributed by atoms with Gasteiger partial charge in [-0.2, -0.15) is 5.10 Å². The highest BCUT2D eigenvalue weighted by Crippen LogP contribution is 2.15. The van der Waals surface area contributed by atoms with Gasteiger partial charge in [0.15, 0.2) is 0 Å². The van der Waals surface area contributed by atoms with Crippen molar-refractivity contribution >= 4 is 12.1 Å². The van der Waals surface area contributed by atoms with Gasteiger partial charge >= 0.3 is 0 Å². The first kappa shape index (κ1) is 13.6. The number of nitrogens with zero attached hydrogens (tertiary/aromatic N) is 1. The number of hydrogen-bond donors (Lipinski definition) is 3. The van der Waals surface area contributed by atoms with Gasteiger partial charge in [0.05, 0.1) is 11.8 Å². The number of amides is 1. The summed E-state index contributed by atoms with van der Waals surface area (Å²) in [5.74, 6) is -0.408. The molecule has 0 saturated heterocycles. The lowest BCUT2D eigenvalue weighted by Gasteiger charge is -2.03. The molecule has 0 radical (unpaired) electrons. The van der Waals surface area contributed by atoms with Crippen LogP contribution in [0.25, 0.3) is 0 Å². The van der Waals surface area contributed by atoms with Gasteiger partial charge in [-0.05, 0) is 48.4 Å². The van der Waals surface area contributed by atoms with Crippen molar-refractivity contribution in [3.8, 4) is 11.5 Å². The van der Waals surface area contributed by atoms with E-state index in [1.165, 1.54) is 18.3 Å². The number of hydrogen-bond acceptors (Lipinski definition) is 4. The summed E-state index contributed by atoms with van der Waals surface area (Å²) in [6, 6.07) is 11.1. The van der Waals surface area contributed by atoms with Crippen molar-refractivity contribution < 1.29 is 15.0 Å². The molecule has 0 unspecified atom stereocenters. The minimum atomic E-state index is -0.490. The molecule has 5 nitrogen and oxygen atoms in total. The average Bonchev–Trinajstić information content (AvgIpc) is 2.41. The summed E-state index contributed by atoms with van der Waals surface area (Å²) in [7, 11) is 0. The predicted octanol–water partition coefficient (Wildman–Crippen LogP) is 2.17. The number of benzene rings is 2. The molecule has 0 saturated carbocycles. The number of phenols is 2. The van der Waals surface area contributed by atoms with Crippen molar-refractivity contribution in [2.45, 2.75) is 6.92 Å². The van der Waals surface area contributed by atoms with Crippen LogP contribution in [0.5, 0.6) is 11.5 Å². The molecule has 102 valence electrons. The molecule has 0 fully saturated rings. The van der Waals surface area contributed by atoms with Gasteiger partial charge in [0.25, 0.3) is 5.91 Å². The van der Waals surface area contributed by atoms with Crippen LogP contribution in [0.3, 0.4) is 0 Å². The van der Waals surface area contributed by atoms with Crippen LogP contribution in [0.1, 0.15) is 21.5 Å². The fraction of sp³-hybridized carbons (Fsp3) is 0.0667. The fourth-order valence-corrected chi connectivity index (χ4v) is 1.69. The van der Waals surface area contributed by atoms with Gasteiger partial charge in [-0.25, -0.2) is 5.43 Å². The minimum Gasteiger partial charge on any atom is -0.508 e. The molecule has 0 heterocycles. The molecule has 0 aliphatic rings. The molecule has 20 heavy (non-hydrogen) atoms. The number of carbonyl (C=O) groups excluding carboxylic acids is 1. The van der Waals surface area contributed by atoms with E-state index < -0.39 is 5.91 Å². The second-order valence-corrected chi connectivity index (χ2v) is 4.26. The number of rotatable bonds is 3. The molecule has 2 aromatic carbocycles. The third kappa shape index (κ3) is 3.14. The number of aryl methyl sites for hydroxylation is 1. The normalized spacial score (nSPS) is 10.7. The van der Waals surface area contributed by atoms with Crippen molar-refractivity contribution in [3.05, 3.63) is 59.2 Å². The van der Waals surface area contributed by atoms with E-state index >= 15 is 0 Å². The zero-order valence-corrected chi connectivity index (χ0v) is 10.9. The summed E-state index contributed by atoms with van der Waals surface area (Å²) in [5, 5.41) is 22.7. The molecule has 1 amide bonds. The standard InChI is InChI=1S/C15H14N2O3/c1-10-8-12(18)7-6-11(10)9-16-17-15(20)13-4-2-3-5-14(13)19/h2-9,18-19H,1H3,(H,17,20)/b16-9+. The monoisotopic (exact) mass is 270 g/mol. The zero-order chi connectivity index (χ0) is 14.5. The Hall–Kier alpha value is -2.82. The highest BCUT2D eigenvalue weighted by Gasteiger charge is 2.08. The van der Waals surface area contributed by atoms with Gasteiger partial charge in [0.2, 0.25) is 0 Å². The van der Waals surface area contributed by atoms with Crippen LogP contribution in [-0.2, 0) is 0 Å². The number of carbonyl (C=O) groups is 1. The van der Waals surface area contributed by atoms with Gasteiger partial charge < -0.3 is 10.2 Å². The molecule has 2 rings (SSSR count). The SMILES string of the molecule is Cc1cc(O)ccc1/C=N/NC(=O)c1ccccc1O. The highest BCUT2D eigenvalue weighted by atomic mass is 16.3. The molecular formula is C15H14N2O3. The quantitative estimate of drug-likeness (QED) is 0.590. The number of aromatic hydroxyl groups is 2. The Morgan fingerprint density at radius 2 is 1.95 bits per heavy atom. The molecule has 0 aromatic heterocycles. The fourth-order valence-electron chi connectivity index (χ4n) is 1.69. The Balaban J connectivity index is 2.07. The van der Waals surface area contributed by atoms with Crippen LogP contribution < -0.4 is 5.43 Å². The van der Waals surface area contributed by atoms with Crippen LogP contribution in [0, 0.1) is 6.92 Å². The number of phenolic OH excluding ortho intramolecular Hbond substituents is 2. The summed E-state index contributed by atoms with van der Waals surface area (Å²) >= 11 is 0. The lowest BCUT2D eigenvalue weighted by atomic mass is 10.1. The van der Waals surface area contributed by atoms with Crippen LogP contribution in [0.2, 0.25) is 0 Å². The van der Waals surface area contributed by atoms with Crippen LogP contribution >= 0.6 is 0 Å². The first-order valence-corrected chi connectivity index (χ1v) is 5.99. The van der Waals surface area contributed by atoms with Crippen LogP contribution in [-0.4, -0.2) is 22.3 Å². The third-order valence-electron chi connectivity index (χ3n) is 2.77. The summed E-state index contributed by atoms with van der Waals surface area (Å²) < 4.78 is 0. The van der Waals surface area contributed by atoms with E-state index in [1.807, 2.05) is 6.92 Å². The second kappa shape index (κ2) is 5.88. The minimum absolute atomic E-state index is 0.0963. The van der Waals surface area contributed by atoms with Gasteiger partial charge in [0, 0.05) is 0 Å². The van der Waals surface area contributed by atoms with Crippen molar-refractivity contribution in [1.29, 1.82) is 0 Å². The highest BCUT2D eigenvalue weighted by molar-refractivity contribution is 5.97. The van der Waals surface area contributed by atoms with E-state index in [1.54, 1.807) is 30.3 Å². The van der Waals surface area contributed by atoms with Crippen molar-refractivity contribution in [3.63, 3.8) is 0 Å². The Kier molecular flexibility index (Phi) is 4.00. The van der Waals surface area contributed by atoms with E-state index in [4.69, 9.17) is 0 Å². The maximum Gasteiger partial charge on any atom is 0.275 e. The van der Waals surface area contributed by atoms with E-state index in [0.717, 1.165) is 11.1 Å². The zero-order valence-electron chi connectivity index (χ0n) is 10.9. The summed E-state index contributed by atoms with van der Waals surface area (Å²) in [6.07, 6.45) is 1.48. The van der Waals surface area contributed by atoms with E-state index in [0.29, 0.717) is 0 Å². The number of hydrazone groups is 1. The molecule has 2 aromatic rings. The second-order valence-electron chi connectivity index (χ2n) is 4.26. The molecule has 0 bridgehead atoms. The maximum absolute atomic E-state index is 11.8. The molecule has 0 aliphatic carbocycles. The maximum atomic E-state index is 11.8. The van der Waals surface area contributed by atoms with E-state index in [2.05, 4.69) is 10.5 Å². The summed E-state index contributed by atoms with van der Waals surface area (Å²) in [6.45, 7) is 1.83. The lowest BCUT2D eigenvalue weighted by Crippen LogP contribution is -2.17. The molecular weight excluding hydrogens is 256 g/mol. The number of para-hydroxylation sites is 1. The van der Waals surface area contributed by atoms with E-state index in [9.17, 15) is 15.0 Å². The van der Waals surface area contributed by atoms with Crippen LogP contribution in [0.4, 0.5) is 0 Å². The van der Waals surface area contributed by atoms with Gasteiger partial charge in [-0.15, -0.1) is 0 Å². The van der Waals surface area contributed by atoms with Crippen molar-refractivity contribution in [1.82, 2.24) is 5.43 Å².